The lowest BCUT2D eigenvalue weighted by atomic mass is 10.4. The molecule has 0 amide bonds. The highest BCUT2D eigenvalue weighted by atomic mass is 17.2. The summed E-state index contributed by atoms with van der Waals surface area (Å²) in [5.74, 6) is 0. The van der Waals surface area contributed by atoms with Gasteiger partial charge < -0.3 is 4.74 Å². The van der Waals surface area contributed by atoms with Gasteiger partial charge in [0.15, 0.2) is 0 Å². The molecule has 9 heavy (non-hydrogen) atoms. The van der Waals surface area contributed by atoms with Crippen molar-refractivity contribution in [3.63, 3.8) is 0 Å². The van der Waals surface area contributed by atoms with Gasteiger partial charge >= 0.3 is 0 Å². The summed E-state index contributed by atoms with van der Waals surface area (Å²) in [5, 5.41) is 0. The zero-order valence-electron chi connectivity index (χ0n) is 5.85. The minimum absolute atomic E-state index is 0.393. The minimum Gasteiger partial charge on any atom is -0.380 e. The number of ether oxygens (including phenoxy) is 1. The van der Waals surface area contributed by atoms with Crippen molar-refractivity contribution in [2.75, 3.05) is 27.4 Å². The van der Waals surface area contributed by atoms with Crippen LogP contribution >= 0.6 is 0 Å². The van der Waals surface area contributed by atoms with Crippen LogP contribution in [0.5, 0.6) is 0 Å². The Morgan fingerprint density at radius 2 is 2.00 bits per heavy atom. The van der Waals surface area contributed by atoms with Gasteiger partial charge in [-0.15, -0.1) is 0 Å². The maximum atomic E-state index is 4.77. The summed E-state index contributed by atoms with van der Waals surface area (Å²) in [4.78, 5) is 8.91. The highest BCUT2D eigenvalue weighted by molar-refractivity contribution is 4.93. The molecular formula is C6H12O3. The Bertz CT molecular complexity index is 80.4. The van der Waals surface area contributed by atoms with E-state index in [2.05, 4.69) is 16.4 Å². The van der Waals surface area contributed by atoms with Crippen LogP contribution in [0.1, 0.15) is 0 Å². The van der Waals surface area contributed by atoms with Crippen molar-refractivity contribution >= 4 is 0 Å². The molecule has 0 atom stereocenters. The second kappa shape index (κ2) is 5.75. The molecule has 0 aliphatic carbocycles. The molecule has 0 heterocycles. The summed E-state index contributed by atoms with van der Waals surface area (Å²) in [6.07, 6.45) is 0. The molecule has 0 aromatic rings. The van der Waals surface area contributed by atoms with Crippen LogP contribution in [0.3, 0.4) is 0 Å². The molecule has 0 radical (unpaired) electrons. The molecule has 0 fully saturated rings. The third-order valence-electron chi connectivity index (χ3n) is 0.729. The van der Waals surface area contributed by atoms with Crippen molar-refractivity contribution in [3.05, 3.63) is 12.2 Å². The Balaban J connectivity index is 3.06. The molecule has 0 aromatic carbocycles. The first kappa shape index (κ1) is 8.62. The number of hydrogen-bond donors (Lipinski definition) is 0. The average molecular weight is 132 g/mol. The Labute approximate surface area is 55.1 Å². The van der Waals surface area contributed by atoms with Crippen molar-refractivity contribution in [1.82, 2.24) is 0 Å². The fourth-order valence-corrected chi connectivity index (χ4v) is 0.388. The molecular weight excluding hydrogens is 120 g/mol. The van der Waals surface area contributed by atoms with Crippen LogP contribution in [0, 0.1) is 0 Å². The van der Waals surface area contributed by atoms with E-state index in [0.29, 0.717) is 13.2 Å². The SMILES string of the molecule is C=C(COC)COOC. The molecule has 0 spiro atoms. The lowest BCUT2D eigenvalue weighted by molar-refractivity contribution is -0.265. The van der Waals surface area contributed by atoms with Crippen LogP contribution in [-0.2, 0) is 14.5 Å². The van der Waals surface area contributed by atoms with Gasteiger partial charge in [0, 0.05) is 7.11 Å². The summed E-state index contributed by atoms with van der Waals surface area (Å²) in [6.45, 7) is 4.56. The summed E-state index contributed by atoms with van der Waals surface area (Å²) in [7, 11) is 3.07. The second-order valence-electron chi connectivity index (χ2n) is 1.61. The molecule has 0 aliphatic rings. The lowest BCUT2D eigenvalue weighted by Crippen LogP contribution is -2.01. The Kier molecular flexibility index (Phi) is 5.51. The minimum atomic E-state index is 0.393. The molecule has 0 rings (SSSR count). The van der Waals surface area contributed by atoms with Crippen LogP contribution in [0.2, 0.25) is 0 Å². The van der Waals surface area contributed by atoms with Crippen molar-refractivity contribution in [3.8, 4) is 0 Å². The van der Waals surface area contributed by atoms with Crippen molar-refractivity contribution in [2.24, 2.45) is 0 Å². The van der Waals surface area contributed by atoms with E-state index in [-0.39, 0.29) is 0 Å². The fraction of sp³-hybridized carbons (Fsp3) is 0.667. The van der Waals surface area contributed by atoms with Gasteiger partial charge in [-0.3, -0.25) is 0 Å². The molecule has 0 saturated carbocycles. The van der Waals surface area contributed by atoms with Gasteiger partial charge in [-0.05, 0) is 5.57 Å². The fourth-order valence-electron chi connectivity index (χ4n) is 0.388. The quantitative estimate of drug-likeness (QED) is 0.314. The molecule has 0 aliphatic heterocycles. The average Bonchev–Trinajstić information content (AvgIpc) is 1.85. The largest absolute Gasteiger partial charge is 0.380 e. The monoisotopic (exact) mass is 132 g/mol. The molecule has 0 aromatic heterocycles. The van der Waals surface area contributed by atoms with E-state index in [9.17, 15) is 0 Å². The summed E-state index contributed by atoms with van der Waals surface area (Å²) in [6, 6.07) is 0. The van der Waals surface area contributed by atoms with E-state index in [0.717, 1.165) is 5.57 Å². The van der Waals surface area contributed by atoms with Crippen molar-refractivity contribution in [1.29, 1.82) is 0 Å². The van der Waals surface area contributed by atoms with Crippen LogP contribution < -0.4 is 0 Å². The van der Waals surface area contributed by atoms with E-state index < -0.39 is 0 Å². The molecule has 0 unspecified atom stereocenters. The Morgan fingerprint density at radius 1 is 1.33 bits per heavy atom. The van der Waals surface area contributed by atoms with Gasteiger partial charge in [0.2, 0.25) is 0 Å². The van der Waals surface area contributed by atoms with Gasteiger partial charge in [0.1, 0.15) is 6.61 Å². The maximum Gasteiger partial charge on any atom is 0.105 e. The molecule has 0 saturated heterocycles. The third kappa shape index (κ3) is 5.49. The molecule has 54 valence electrons. The van der Waals surface area contributed by atoms with Gasteiger partial charge in [0.25, 0.3) is 0 Å². The molecule has 3 nitrogen and oxygen atoms in total. The van der Waals surface area contributed by atoms with Gasteiger partial charge in [-0.25, -0.2) is 9.78 Å². The van der Waals surface area contributed by atoms with E-state index >= 15 is 0 Å². The normalized spacial score (nSPS) is 9.56. The smallest absolute Gasteiger partial charge is 0.105 e. The Morgan fingerprint density at radius 3 is 2.44 bits per heavy atom. The van der Waals surface area contributed by atoms with Crippen LogP contribution in [0.15, 0.2) is 12.2 Å². The summed E-state index contributed by atoms with van der Waals surface area (Å²) < 4.78 is 4.77. The van der Waals surface area contributed by atoms with Gasteiger partial charge in [0.05, 0.1) is 13.7 Å². The number of rotatable bonds is 5. The number of hydrogen-bond acceptors (Lipinski definition) is 3. The van der Waals surface area contributed by atoms with Crippen LogP contribution in [0.4, 0.5) is 0 Å². The topological polar surface area (TPSA) is 27.7 Å². The second-order valence-corrected chi connectivity index (χ2v) is 1.61. The number of methoxy groups -OCH3 is 1. The molecule has 3 heteroatoms. The van der Waals surface area contributed by atoms with E-state index in [1.165, 1.54) is 7.11 Å². The van der Waals surface area contributed by atoms with Crippen molar-refractivity contribution in [2.45, 2.75) is 0 Å². The van der Waals surface area contributed by atoms with Gasteiger partial charge in [-0.1, -0.05) is 6.58 Å². The van der Waals surface area contributed by atoms with Crippen LogP contribution in [-0.4, -0.2) is 27.4 Å². The van der Waals surface area contributed by atoms with Crippen molar-refractivity contribution < 1.29 is 14.5 Å². The summed E-state index contributed by atoms with van der Waals surface area (Å²) >= 11 is 0. The first-order chi connectivity index (χ1) is 4.31. The Hall–Kier alpha value is -0.380. The first-order valence-electron chi connectivity index (χ1n) is 2.62. The zero-order chi connectivity index (χ0) is 7.11. The van der Waals surface area contributed by atoms with E-state index in [1.807, 2.05) is 0 Å². The highest BCUT2D eigenvalue weighted by Crippen LogP contribution is 1.90. The molecule has 0 bridgehead atoms. The maximum absolute atomic E-state index is 4.77. The summed E-state index contributed by atoms with van der Waals surface area (Å²) in [5.41, 5.74) is 0.861. The predicted molar refractivity (Wildman–Crippen MR) is 34.0 cm³/mol. The van der Waals surface area contributed by atoms with E-state index in [4.69, 9.17) is 4.74 Å². The standard InChI is InChI=1S/C6H12O3/c1-6(4-7-2)5-9-8-3/h1,4-5H2,2-3H3. The zero-order valence-corrected chi connectivity index (χ0v) is 5.85. The van der Waals surface area contributed by atoms with Crippen LogP contribution in [0.25, 0.3) is 0 Å². The lowest BCUT2D eigenvalue weighted by Gasteiger charge is -2.01. The highest BCUT2D eigenvalue weighted by Gasteiger charge is 1.91. The molecule has 0 N–H and O–H groups in total. The van der Waals surface area contributed by atoms with E-state index in [1.54, 1.807) is 7.11 Å². The van der Waals surface area contributed by atoms with Gasteiger partial charge in [-0.2, -0.15) is 0 Å². The predicted octanol–water partition coefficient (Wildman–Crippen LogP) is 0.767. The third-order valence-corrected chi connectivity index (χ3v) is 0.729. The first-order valence-corrected chi connectivity index (χ1v) is 2.62.